The zero-order chi connectivity index (χ0) is 15.3. The van der Waals surface area contributed by atoms with Crippen molar-refractivity contribution in [1.29, 1.82) is 0 Å². The van der Waals surface area contributed by atoms with Gasteiger partial charge in [0.15, 0.2) is 5.82 Å². The van der Waals surface area contributed by atoms with E-state index in [0.29, 0.717) is 6.54 Å². The summed E-state index contributed by atoms with van der Waals surface area (Å²) in [6, 6.07) is 0. The van der Waals surface area contributed by atoms with Crippen molar-refractivity contribution >= 4 is 10.9 Å². The molecule has 21 heavy (non-hydrogen) atoms. The Morgan fingerprint density at radius 3 is 2.19 bits per heavy atom. The molecule has 1 aromatic carbocycles. The van der Waals surface area contributed by atoms with Gasteiger partial charge in [-0.3, -0.25) is 9.36 Å². The minimum absolute atomic E-state index is 0.605. The van der Waals surface area contributed by atoms with Gasteiger partial charge in [-0.05, 0) is 56.9 Å². The largest absolute Gasteiger partial charge is 0.257 e. The molecule has 5 nitrogen and oxygen atoms in total. The average Bonchev–Trinajstić information content (AvgIpc) is 2.98. The van der Waals surface area contributed by atoms with Crippen LogP contribution < -0.4 is 0 Å². The van der Waals surface area contributed by atoms with Gasteiger partial charge in [0.25, 0.3) is 0 Å². The van der Waals surface area contributed by atoms with E-state index in [2.05, 4.69) is 44.7 Å². The number of aryl methyl sites for hydroxylation is 4. The van der Waals surface area contributed by atoms with Crippen LogP contribution in [0.5, 0.6) is 0 Å². The van der Waals surface area contributed by atoms with E-state index in [4.69, 9.17) is 5.10 Å². The van der Waals surface area contributed by atoms with Crippen molar-refractivity contribution in [2.75, 3.05) is 0 Å². The molecule has 2 heterocycles. The molecule has 3 aromatic rings. The van der Waals surface area contributed by atoms with Gasteiger partial charge in [0.05, 0.1) is 11.2 Å². The van der Waals surface area contributed by atoms with E-state index in [1.807, 2.05) is 11.7 Å². The third-order valence-electron chi connectivity index (χ3n) is 4.48. The van der Waals surface area contributed by atoms with E-state index in [-0.39, 0.29) is 0 Å². The quantitative estimate of drug-likeness (QED) is 0.726. The van der Waals surface area contributed by atoms with Gasteiger partial charge in [0, 0.05) is 12.4 Å². The standard InChI is InChI=1S/C16H21N5/c1-9-10(2)12(4)16-15(11(9)3)13(5)18-21(16)7-14-17-8-20(6)19-14/h8H,7H2,1-6H3. The summed E-state index contributed by atoms with van der Waals surface area (Å²) in [4.78, 5) is 4.31. The molecule has 0 fully saturated rings. The second-order valence-corrected chi connectivity index (χ2v) is 5.80. The van der Waals surface area contributed by atoms with Crippen LogP contribution in [0.15, 0.2) is 6.33 Å². The van der Waals surface area contributed by atoms with Gasteiger partial charge >= 0.3 is 0 Å². The van der Waals surface area contributed by atoms with Crippen molar-refractivity contribution < 1.29 is 0 Å². The Labute approximate surface area is 124 Å². The van der Waals surface area contributed by atoms with Crippen molar-refractivity contribution in [3.8, 4) is 0 Å². The lowest BCUT2D eigenvalue weighted by molar-refractivity contribution is 0.654. The third kappa shape index (κ3) is 2.04. The monoisotopic (exact) mass is 283 g/mol. The van der Waals surface area contributed by atoms with E-state index in [9.17, 15) is 0 Å². The van der Waals surface area contributed by atoms with Gasteiger partial charge < -0.3 is 0 Å². The van der Waals surface area contributed by atoms with E-state index in [1.165, 1.54) is 33.2 Å². The normalized spacial score (nSPS) is 11.5. The molecular weight excluding hydrogens is 262 g/mol. The molecule has 110 valence electrons. The molecule has 0 spiro atoms. The fourth-order valence-corrected chi connectivity index (χ4v) is 3.04. The van der Waals surface area contributed by atoms with Crippen LogP contribution in [-0.4, -0.2) is 24.5 Å². The maximum atomic E-state index is 4.73. The number of rotatable bonds is 2. The van der Waals surface area contributed by atoms with Gasteiger partial charge in [0.1, 0.15) is 12.9 Å². The number of aromatic nitrogens is 5. The molecule has 0 aliphatic carbocycles. The Balaban J connectivity index is 2.25. The molecule has 0 bridgehead atoms. The summed E-state index contributed by atoms with van der Waals surface area (Å²) in [5.41, 5.74) is 7.61. The van der Waals surface area contributed by atoms with Crippen LogP contribution >= 0.6 is 0 Å². The van der Waals surface area contributed by atoms with Gasteiger partial charge in [-0.25, -0.2) is 4.98 Å². The number of benzene rings is 1. The maximum absolute atomic E-state index is 4.73. The highest BCUT2D eigenvalue weighted by Crippen LogP contribution is 2.31. The molecule has 0 radical (unpaired) electrons. The van der Waals surface area contributed by atoms with Gasteiger partial charge in [-0.15, -0.1) is 0 Å². The lowest BCUT2D eigenvalue weighted by Crippen LogP contribution is -2.06. The second-order valence-electron chi connectivity index (χ2n) is 5.80. The van der Waals surface area contributed by atoms with Gasteiger partial charge in [-0.2, -0.15) is 10.2 Å². The summed E-state index contributed by atoms with van der Waals surface area (Å²) in [6.07, 6.45) is 1.72. The summed E-state index contributed by atoms with van der Waals surface area (Å²) in [5, 5.41) is 10.4. The predicted molar refractivity (Wildman–Crippen MR) is 83.5 cm³/mol. The van der Waals surface area contributed by atoms with Crippen LogP contribution in [0.1, 0.15) is 33.8 Å². The summed E-state index contributed by atoms with van der Waals surface area (Å²) in [5.74, 6) is 0.789. The fourth-order valence-electron chi connectivity index (χ4n) is 3.04. The van der Waals surface area contributed by atoms with Crippen molar-refractivity contribution in [2.24, 2.45) is 7.05 Å². The molecule has 0 aliphatic rings. The molecule has 2 aromatic heterocycles. The van der Waals surface area contributed by atoms with Crippen molar-refractivity contribution in [3.63, 3.8) is 0 Å². The summed E-state index contributed by atoms with van der Waals surface area (Å²) >= 11 is 0. The molecule has 0 saturated heterocycles. The summed E-state index contributed by atoms with van der Waals surface area (Å²) < 4.78 is 3.76. The Hall–Kier alpha value is -2.17. The second kappa shape index (κ2) is 4.69. The topological polar surface area (TPSA) is 48.5 Å². The Morgan fingerprint density at radius 2 is 1.57 bits per heavy atom. The van der Waals surface area contributed by atoms with Gasteiger partial charge in [-0.1, -0.05) is 0 Å². The van der Waals surface area contributed by atoms with Crippen LogP contribution in [0.25, 0.3) is 10.9 Å². The molecule has 5 heteroatoms. The number of hydrogen-bond donors (Lipinski definition) is 0. The summed E-state index contributed by atoms with van der Waals surface area (Å²) in [6.45, 7) is 11.4. The van der Waals surface area contributed by atoms with E-state index in [1.54, 1.807) is 11.0 Å². The molecule has 3 rings (SSSR count). The van der Waals surface area contributed by atoms with E-state index < -0.39 is 0 Å². The molecule has 0 amide bonds. The molecule has 0 atom stereocenters. The number of nitrogens with zero attached hydrogens (tertiary/aromatic N) is 5. The average molecular weight is 283 g/mol. The highest BCUT2D eigenvalue weighted by Gasteiger charge is 2.17. The molecule has 0 N–H and O–H groups in total. The van der Waals surface area contributed by atoms with Crippen molar-refractivity contribution in [2.45, 2.75) is 41.2 Å². The van der Waals surface area contributed by atoms with E-state index >= 15 is 0 Å². The first-order valence-corrected chi connectivity index (χ1v) is 7.18. The molecule has 0 unspecified atom stereocenters. The minimum Gasteiger partial charge on any atom is -0.257 e. The van der Waals surface area contributed by atoms with E-state index in [0.717, 1.165) is 11.5 Å². The molecule has 0 saturated carbocycles. The Bertz CT molecular complexity index is 838. The number of hydrogen-bond acceptors (Lipinski definition) is 3. The maximum Gasteiger partial charge on any atom is 0.172 e. The predicted octanol–water partition coefficient (Wildman–Crippen LogP) is 2.76. The fraction of sp³-hybridized carbons (Fsp3) is 0.438. The summed E-state index contributed by atoms with van der Waals surface area (Å²) in [7, 11) is 1.88. The zero-order valence-electron chi connectivity index (χ0n) is 13.5. The Morgan fingerprint density at radius 1 is 0.905 bits per heavy atom. The van der Waals surface area contributed by atoms with Crippen LogP contribution in [0, 0.1) is 34.6 Å². The van der Waals surface area contributed by atoms with Crippen LogP contribution in [-0.2, 0) is 13.6 Å². The van der Waals surface area contributed by atoms with Crippen LogP contribution in [0.2, 0.25) is 0 Å². The van der Waals surface area contributed by atoms with Gasteiger partial charge in [0.2, 0.25) is 0 Å². The highest BCUT2D eigenvalue weighted by molar-refractivity contribution is 5.90. The lowest BCUT2D eigenvalue weighted by atomic mass is 9.94. The molecular formula is C16H21N5. The van der Waals surface area contributed by atoms with Crippen molar-refractivity contribution in [1.82, 2.24) is 24.5 Å². The number of fused-ring (bicyclic) bond motifs is 1. The molecule has 0 aliphatic heterocycles. The zero-order valence-corrected chi connectivity index (χ0v) is 13.5. The lowest BCUT2D eigenvalue weighted by Gasteiger charge is -2.12. The van der Waals surface area contributed by atoms with Crippen LogP contribution in [0.3, 0.4) is 0 Å². The van der Waals surface area contributed by atoms with Crippen LogP contribution in [0.4, 0.5) is 0 Å². The highest BCUT2D eigenvalue weighted by atomic mass is 15.3. The first kappa shape index (κ1) is 13.8. The Kier molecular flexibility index (Phi) is 3.08. The first-order valence-electron chi connectivity index (χ1n) is 7.18. The SMILES string of the molecule is Cc1c(C)c(C)c2c(c(C)nn2Cc2ncn(C)n2)c1C. The first-order chi connectivity index (χ1) is 9.90. The minimum atomic E-state index is 0.605. The van der Waals surface area contributed by atoms with Crippen molar-refractivity contribution in [3.05, 3.63) is 40.1 Å². The smallest absolute Gasteiger partial charge is 0.172 e. The third-order valence-corrected chi connectivity index (χ3v) is 4.48.